The number of nitro benzene ring substituents is 1. The molecule has 6 heteroatoms. The zero-order valence-electron chi connectivity index (χ0n) is 12.1. The third-order valence-electron chi connectivity index (χ3n) is 3.04. The van der Waals surface area contributed by atoms with E-state index in [1.54, 1.807) is 0 Å². The first-order chi connectivity index (χ1) is 9.31. The third kappa shape index (κ3) is 4.53. The van der Waals surface area contributed by atoms with Gasteiger partial charge in [-0.1, -0.05) is 13.8 Å². The molecule has 1 aromatic rings. The number of hydrogen-bond donors (Lipinski definition) is 2. The summed E-state index contributed by atoms with van der Waals surface area (Å²) in [5, 5.41) is 13.5. The summed E-state index contributed by atoms with van der Waals surface area (Å²) in [5.74, 6) is 0.326. The topological polar surface area (TPSA) is 98.3 Å². The van der Waals surface area contributed by atoms with Crippen LogP contribution in [0, 0.1) is 16.0 Å². The number of benzene rings is 1. The van der Waals surface area contributed by atoms with Crippen LogP contribution in [0.15, 0.2) is 18.2 Å². The van der Waals surface area contributed by atoms with Gasteiger partial charge in [-0.15, -0.1) is 0 Å². The summed E-state index contributed by atoms with van der Waals surface area (Å²) in [6, 6.07) is 4.06. The number of nitrogen functional groups attached to an aromatic ring is 1. The number of rotatable bonds is 6. The molecule has 110 valence electrons. The summed E-state index contributed by atoms with van der Waals surface area (Å²) in [5.41, 5.74) is 5.72. The van der Waals surface area contributed by atoms with E-state index in [4.69, 9.17) is 5.73 Å². The van der Waals surface area contributed by atoms with Gasteiger partial charge in [0.25, 0.3) is 11.6 Å². The number of nitrogens with two attached hydrogens (primary N) is 1. The van der Waals surface area contributed by atoms with Crippen molar-refractivity contribution < 1.29 is 9.72 Å². The van der Waals surface area contributed by atoms with Crippen LogP contribution < -0.4 is 11.1 Å². The molecule has 0 radical (unpaired) electrons. The normalized spacial score (nSPS) is 12.2. The quantitative estimate of drug-likeness (QED) is 0.475. The van der Waals surface area contributed by atoms with E-state index in [-0.39, 0.29) is 23.3 Å². The predicted octanol–water partition coefficient (Wildman–Crippen LogP) is 2.73. The maximum Gasteiger partial charge on any atom is 0.292 e. The lowest BCUT2D eigenvalue weighted by atomic mass is 10.0. The fourth-order valence-electron chi connectivity index (χ4n) is 1.82. The van der Waals surface area contributed by atoms with Crippen LogP contribution in [0.25, 0.3) is 0 Å². The zero-order valence-corrected chi connectivity index (χ0v) is 12.1. The lowest BCUT2D eigenvalue weighted by molar-refractivity contribution is -0.383. The Morgan fingerprint density at radius 1 is 1.35 bits per heavy atom. The number of carbonyl (C=O) groups is 1. The van der Waals surface area contributed by atoms with Gasteiger partial charge < -0.3 is 11.1 Å². The predicted molar refractivity (Wildman–Crippen MR) is 78.5 cm³/mol. The summed E-state index contributed by atoms with van der Waals surface area (Å²) >= 11 is 0. The van der Waals surface area contributed by atoms with Crippen LogP contribution in [0.1, 0.15) is 44.0 Å². The Hall–Kier alpha value is -2.11. The Morgan fingerprint density at radius 3 is 2.50 bits per heavy atom. The number of hydrogen-bond acceptors (Lipinski definition) is 4. The van der Waals surface area contributed by atoms with Crippen molar-refractivity contribution in [3.8, 4) is 0 Å². The van der Waals surface area contributed by atoms with Gasteiger partial charge >= 0.3 is 0 Å². The minimum absolute atomic E-state index is 0.00233. The van der Waals surface area contributed by atoms with E-state index in [1.807, 2.05) is 6.92 Å². The van der Waals surface area contributed by atoms with Gasteiger partial charge in [-0.25, -0.2) is 0 Å². The van der Waals surface area contributed by atoms with Gasteiger partial charge in [-0.2, -0.15) is 0 Å². The Balaban J connectivity index is 2.68. The van der Waals surface area contributed by atoms with Crippen LogP contribution in [-0.4, -0.2) is 16.9 Å². The molecule has 1 rings (SSSR count). The van der Waals surface area contributed by atoms with Crippen LogP contribution in [0.2, 0.25) is 0 Å². The molecule has 0 spiro atoms. The Kier molecular flexibility index (Phi) is 5.49. The average Bonchev–Trinajstić information content (AvgIpc) is 2.35. The molecule has 3 N–H and O–H groups in total. The molecular weight excluding hydrogens is 258 g/mol. The number of anilines is 1. The zero-order chi connectivity index (χ0) is 15.3. The first kappa shape index (κ1) is 15.9. The highest BCUT2D eigenvalue weighted by molar-refractivity contribution is 5.95. The van der Waals surface area contributed by atoms with Crippen molar-refractivity contribution in [2.24, 2.45) is 5.92 Å². The van der Waals surface area contributed by atoms with E-state index in [2.05, 4.69) is 19.2 Å². The summed E-state index contributed by atoms with van der Waals surface area (Å²) in [6.07, 6.45) is 1.93. The van der Waals surface area contributed by atoms with E-state index in [1.165, 1.54) is 18.2 Å². The number of nitro groups is 1. The fraction of sp³-hybridized carbons (Fsp3) is 0.500. The van der Waals surface area contributed by atoms with E-state index >= 15 is 0 Å². The first-order valence-corrected chi connectivity index (χ1v) is 6.66. The molecule has 0 aliphatic heterocycles. The van der Waals surface area contributed by atoms with Gasteiger partial charge in [0.1, 0.15) is 5.69 Å². The summed E-state index contributed by atoms with van der Waals surface area (Å²) < 4.78 is 0. The van der Waals surface area contributed by atoms with Gasteiger partial charge in [-0.3, -0.25) is 14.9 Å². The van der Waals surface area contributed by atoms with Gasteiger partial charge in [0.2, 0.25) is 0 Å². The SMILES string of the molecule is CC(C)CCC(C)NC(=O)c1ccc([N+](=O)[O-])c(N)c1. The molecule has 0 fully saturated rings. The highest BCUT2D eigenvalue weighted by Crippen LogP contribution is 2.22. The third-order valence-corrected chi connectivity index (χ3v) is 3.04. The summed E-state index contributed by atoms with van der Waals surface area (Å²) in [4.78, 5) is 22.1. The van der Waals surface area contributed by atoms with Crippen LogP contribution in [0.5, 0.6) is 0 Å². The van der Waals surface area contributed by atoms with Crippen molar-refractivity contribution in [3.05, 3.63) is 33.9 Å². The molecule has 0 saturated heterocycles. The molecule has 1 amide bonds. The molecule has 20 heavy (non-hydrogen) atoms. The standard InChI is InChI=1S/C14H21N3O3/c1-9(2)4-5-10(3)16-14(18)11-6-7-13(17(19)20)12(15)8-11/h6-10H,4-5,15H2,1-3H3,(H,16,18). The van der Waals surface area contributed by atoms with Crippen molar-refractivity contribution in [1.29, 1.82) is 0 Å². The summed E-state index contributed by atoms with van der Waals surface area (Å²) in [6.45, 7) is 6.20. The first-order valence-electron chi connectivity index (χ1n) is 6.66. The van der Waals surface area contributed by atoms with E-state index in [0.717, 1.165) is 12.8 Å². The lowest BCUT2D eigenvalue weighted by Crippen LogP contribution is -2.32. The molecular formula is C14H21N3O3. The maximum absolute atomic E-state index is 12.0. The number of nitrogens with one attached hydrogen (secondary N) is 1. The van der Waals surface area contributed by atoms with Gasteiger partial charge in [0, 0.05) is 17.7 Å². The Morgan fingerprint density at radius 2 is 2.00 bits per heavy atom. The molecule has 0 bridgehead atoms. The van der Waals surface area contributed by atoms with Gasteiger partial charge in [-0.05, 0) is 37.8 Å². The van der Waals surface area contributed by atoms with Crippen molar-refractivity contribution >= 4 is 17.3 Å². The number of amides is 1. The van der Waals surface area contributed by atoms with Gasteiger partial charge in [0.05, 0.1) is 4.92 Å². The molecule has 1 aromatic carbocycles. The Bertz CT molecular complexity index is 500. The summed E-state index contributed by atoms with van der Waals surface area (Å²) in [7, 11) is 0. The number of carbonyl (C=O) groups excluding carboxylic acids is 1. The fourth-order valence-corrected chi connectivity index (χ4v) is 1.82. The van der Waals surface area contributed by atoms with Crippen molar-refractivity contribution in [2.45, 2.75) is 39.7 Å². The molecule has 1 unspecified atom stereocenters. The minimum Gasteiger partial charge on any atom is -0.393 e. The smallest absolute Gasteiger partial charge is 0.292 e. The molecule has 0 aliphatic rings. The van der Waals surface area contributed by atoms with Crippen LogP contribution in [0.4, 0.5) is 11.4 Å². The number of nitrogens with zero attached hydrogens (tertiary/aromatic N) is 1. The molecule has 1 atom stereocenters. The second-order valence-electron chi connectivity index (χ2n) is 5.38. The van der Waals surface area contributed by atoms with Crippen LogP contribution in [0.3, 0.4) is 0 Å². The largest absolute Gasteiger partial charge is 0.393 e. The van der Waals surface area contributed by atoms with Crippen LogP contribution >= 0.6 is 0 Å². The molecule has 6 nitrogen and oxygen atoms in total. The molecule has 0 heterocycles. The Labute approximate surface area is 118 Å². The van der Waals surface area contributed by atoms with E-state index in [0.29, 0.717) is 11.5 Å². The van der Waals surface area contributed by atoms with Crippen molar-refractivity contribution in [2.75, 3.05) is 5.73 Å². The molecule has 0 aliphatic carbocycles. The highest BCUT2D eigenvalue weighted by atomic mass is 16.6. The van der Waals surface area contributed by atoms with Gasteiger partial charge in [0.15, 0.2) is 0 Å². The average molecular weight is 279 g/mol. The van der Waals surface area contributed by atoms with E-state index < -0.39 is 4.92 Å². The van der Waals surface area contributed by atoms with Crippen molar-refractivity contribution in [3.63, 3.8) is 0 Å². The van der Waals surface area contributed by atoms with Crippen LogP contribution in [-0.2, 0) is 0 Å². The second-order valence-corrected chi connectivity index (χ2v) is 5.38. The second kappa shape index (κ2) is 6.88. The monoisotopic (exact) mass is 279 g/mol. The minimum atomic E-state index is -0.567. The molecule has 0 saturated carbocycles. The highest BCUT2D eigenvalue weighted by Gasteiger charge is 2.15. The lowest BCUT2D eigenvalue weighted by Gasteiger charge is -2.15. The van der Waals surface area contributed by atoms with Crippen molar-refractivity contribution in [1.82, 2.24) is 5.32 Å². The maximum atomic E-state index is 12.0. The van der Waals surface area contributed by atoms with E-state index in [9.17, 15) is 14.9 Å². The molecule has 0 aromatic heterocycles.